The van der Waals surface area contributed by atoms with E-state index in [1.807, 2.05) is 68.8 Å². The molecule has 1 aliphatic heterocycles. The molecule has 3 heterocycles. The highest BCUT2D eigenvalue weighted by Crippen LogP contribution is 2.41. The van der Waals surface area contributed by atoms with Gasteiger partial charge in [-0.1, -0.05) is 18.2 Å². The molecule has 1 aromatic carbocycles. The van der Waals surface area contributed by atoms with Crippen LogP contribution in [0.15, 0.2) is 42.6 Å². The second-order valence-electron chi connectivity index (χ2n) is 8.42. The van der Waals surface area contributed by atoms with Crippen molar-refractivity contribution in [1.29, 1.82) is 0 Å². The monoisotopic (exact) mass is 420 g/mol. The summed E-state index contributed by atoms with van der Waals surface area (Å²) in [6.07, 6.45) is 3.27. The van der Waals surface area contributed by atoms with Crippen LogP contribution in [0, 0.1) is 13.8 Å². The van der Waals surface area contributed by atoms with E-state index in [0.717, 1.165) is 40.5 Å². The Morgan fingerprint density at radius 1 is 1.23 bits per heavy atom. The van der Waals surface area contributed by atoms with Gasteiger partial charge in [-0.05, 0) is 57.9 Å². The number of amides is 1. The smallest absolute Gasteiger partial charge is 0.257 e. The van der Waals surface area contributed by atoms with Gasteiger partial charge in [0.05, 0.1) is 5.69 Å². The highest BCUT2D eigenvalue weighted by atomic mass is 16.5. The van der Waals surface area contributed by atoms with Gasteiger partial charge in [0.2, 0.25) is 0 Å². The van der Waals surface area contributed by atoms with E-state index >= 15 is 0 Å². The summed E-state index contributed by atoms with van der Waals surface area (Å²) >= 11 is 0. The van der Waals surface area contributed by atoms with Crippen LogP contribution in [0.5, 0.6) is 11.5 Å². The van der Waals surface area contributed by atoms with E-state index in [-0.39, 0.29) is 18.1 Å². The zero-order valence-corrected chi connectivity index (χ0v) is 18.4. The second kappa shape index (κ2) is 8.41. The number of nitrogens with one attached hydrogen (secondary N) is 1. The van der Waals surface area contributed by atoms with Gasteiger partial charge in [0.25, 0.3) is 5.91 Å². The minimum absolute atomic E-state index is 0.0502. The number of hydrogen-bond donors (Lipinski definition) is 1. The number of para-hydroxylation sites is 1. The molecule has 1 aliphatic rings. The minimum atomic E-state index is -0.251. The molecule has 2 aromatic heterocycles. The molecule has 0 bridgehead atoms. The number of ether oxygens (including phenoxy) is 2. The molecule has 0 aliphatic carbocycles. The molecular formula is C24H28N4O3. The molecule has 0 radical (unpaired) electrons. The Bertz CT molecular complexity index is 1090. The summed E-state index contributed by atoms with van der Waals surface area (Å²) in [7, 11) is 0. The molecule has 0 spiro atoms. The first-order valence-corrected chi connectivity index (χ1v) is 10.5. The first-order valence-electron chi connectivity index (χ1n) is 10.5. The first kappa shape index (κ1) is 20.9. The standard InChI is InChI=1S/C24H28N4O3/c1-16-19(17(2)28(27-16)21-10-5-6-12-25-21)11-13-26-22(29)15-30-20-9-7-8-18-14-24(3,4)31-23(18)20/h5-10,12H,11,13-15H2,1-4H3,(H,26,29). The molecule has 0 fully saturated rings. The number of nitrogens with zero attached hydrogens (tertiary/aromatic N) is 3. The summed E-state index contributed by atoms with van der Waals surface area (Å²) in [6.45, 7) is 8.54. The van der Waals surface area contributed by atoms with E-state index in [0.29, 0.717) is 18.7 Å². The summed E-state index contributed by atoms with van der Waals surface area (Å²) in [5.41, 5.74) is 3.94. The van der Waals surface area contributed by atoms with E-state index in [1.54, 1.807) is 6.20 Å². The van der Waals surface area contributed by atoms with E-state index < -0.39 is 0 Å². The maximum absolute atomic E-state index is 12.3. The molecule has 0 saturated carbocycles. The SMILES string of the molecule is Cc1nn(-c2ccccn2)c(C)c1CCNC(=O)COc1cccc2c1OC(C)(C)C2. The van der Waals surface area contributed by atoms with Crippen LogP contribution in [-0.4, -0.2) is 39.4 Å². The molecule has 7 nitrogen and oxygen atoms in total. The maximum atomic E-state index is 12.3. The summed E-state index contributed by atoms with van der Waals surface area (Å²) in [4.78, 5) is 16.7. The van der Waals surface area contributed by atoms with Crippen molar-refractivity contribution in [3.63, 3.8) is 0 Å². The van der Waals surface area contributed by atoms with Crippen molar-refractivity contribution in [2.75, 3.05) is 13.2 Å². The van der Waals surface area contributed by atoms with Crippen LogP contribution in [0.3, 0.4) is 0 Å². The summed E-state index contributed by atoms with van der Waals surface area (Å²) in [5.74, 6) is 1.98. The van der Waals surface area contributed by atoms with Crippen LogP contribution in [0.1, 0.15) is 36.4 Å². The van der Waals surface area contributed by atoms with Crippen molar-refractivity contribution in [1.82, 2.24) is 20.1 Å². The third kappa shape index (κ3) is 4.55. The van der Waals surface area contributed by atoms with Crippen molar-refractivity contribution >= 4 is 5.91 Å². The van der Waals surface area contributed by atoms with Gasteiger partial charge in [0.1, 0.15) is 5.60 Å². The van der Waals surface area contributed by atoms with Gasteiger partial charge < -0.3 is 14.8 Å². The Morgan fingerprint density at radius 2 is 2.06 bits per heavy atom. The summed E-state index contributed by atoms with van der Waals surface area (Å²) in [5, 5.41) is 7.53. The van der Waals surface area contributed by atoms with Crippen molar-refractivity contribution in [3.05, 3.63) is 65.1 Å². The van der Waals surface area contributed by atoms with Crippen molar-refractivity contribution in [2.45, 2.75) is 46.1 Å². The fourth-order valence-electron chi connectivity index (χ4n) is 3.96. The van der Waals surface area contributed by atoms with E-state index in [9.17, 15) is 4.79 Å². The lowest BCUT2D eigenvalue weighted by molar-refractivity contribution is -0.123. The Labute approximate surface area is 182 Å². The quantitative estimate of drug-likeness (QED) is 0.634. The number of hydrogen-bond acceptors (Lipinski definition) is 5. The average molecular weight is 421 g/mol. The lowest BCUT2D eigenvalue weighted by Crippen LogP contribution is -2.30. The number of carbonyl (C=O) groups is 1. The van der Waals surface area contributed by atoms with Gasteiger partial charge in [-0.2, -0.15) is 5.10 Å². The fourth-order valence-corrected chi connectivity index (χ4v) is 3.96. The van der Waals surface area contributed by atoms with Gasteiger partial charge in [-0.15, -0.1) is 0 Å². The normalized spacial score (nSPS) is 14.1. The molecule has 0 saturated heterocycles. The molecule has 3 aromatic rings. The van der Waals surface area contributed by atoms with Crippen LogP contribution in [0.2, 0.25) is 0 Å². The zero-order valence-electron chi connectivity index (χ0n) is 18.4. The van der Waals surface area contributed by atoms with Gasteiger partial charge >= 0.3 is 0 Å². The molecule has 1 N–H and O–H groups in total. The molecule has 0 unspecified atom stereocenters. The number of rotatable bonds is 7. The van der Waals surface area contributed by atoms with Crippen molar-refractivity contribution < 1.29 is 14.3 Å². The average Bonchev–Trinajstić information content (AvgIpc) is 3.22. The fraction of sp³-hybridized carbons (Fsp3) is 0.375. The molecule has 1 amide bonds. The highest BCUT2D eigenvalue weighted by Gasteiger charge is 2.32. The minimum Gasteiger partial charge on any atom is -0.483 e. The molecular weight excluding hydrogens is 392 g/mol. The van der Waals surface area contributed by atoms with E-state index in [4.69, 9.17) is 9.47 Å². The van der Waals surface area contributed by atoms with E-state index in [1.165, 1.54) is 0 Å². The number of aryl methyl sites for hydroxylation is 1. The topological polar surface area (TPSA) is 78.3 Å². The molecule has 4 rings (SSSR count). The Morgan fingerprint density at radius 3 is 2.84 bits per heavy atom. The third-order valence-corrected chi connectivity index (χ3v) is 5.42. The largest absolute Gasteiger partial charge is 0.483 e. The van der Waals surface area contributed by atoms with Crippen molar-refractivity contribution in [2.24, 2.45) is 0 Å². The van der Waals surface area contributed by atoms with Crippen LogP contribution >= 0.6 is 0 Å². The van der Waals surface area contributed by atoms with Crippen LogP contribution in [-0.2, 0) is 17.6 Å². The van der Waals surface area contributed by atoms with E-state index in [2.05, 4.69) is 15.4 Å². The summed E-state index contributed by atoms with van der Waals surface area (Å²) in [6, 6.07) is 11.5. The Balaban J connectivity index is 1.31. The highest BCUT2D eigenvalue weighted by molar-refractivity contribution is 5.77. The van der Waals surface area contributed by atoms with Crippen molar-refractivity contribution in [3.8, 4) is 17.3 Å². The molecule has 0 atom stereocenters. The first-order chi connectivity index (χ1) is 14.8. The van der Waals surface area contributed by atoms with Gasteiger partial charge in [-0.3, -0.25) is 4.79 Å². The number of benzene rings is 1. The van der Waals surface area contributed by atoms with Crippen LogP contribution in [0.4, 0.5) is 0 Å². The Kier molecular flexibility index (Phi) is 5.67. The number of aromatic nitrogens is 3. The third-order valence-electron chi connectivity index (χ3n) is 5.42. The second-order valence-corrected chi connectivity index (χ2v) is 8.42. The lowest BCUT2D eigenvalue weighted by atomic mass is 10.0. The predicted octanol–water partition coefficient (Wildman–Crippen LogP) is 3.34. The van der Waals surface area contributed by atoms with Gasteiger partial charge in [-0.25, -0.2) is 9.67 Å². The van der Waals surface area contributed by atoms with Gasteiger partial charge in [0.15, 0.2) is 23.9 Å². The predicted molar refractivity (Wildman–Crippen MR) is 118 cm³/mol. The molecule has 31 heavy (non-hydrogen) atoms. The maximum Gasteiger partial charge on any atom is 0.257 e. The number of pyridine rings is 1. The van der Waals surface area contributed by atoms with Crippen LogP contribution in [0.25, 0.3) is 5.82 Å². The molecule has 162 valence electrons. The van der Waals surface area contributed by atoms with Gasteiger partial charge in [0, 0.05) is 30.4 Å². The number of carbonyl (C=O) groups excluding carboxylic acids is 1. The Hall–Kier alpha value is -3.35. The molecule has 7 heteroatoms. The van der Waals surface area contributed by atoms with Crippen LogP contribution < -0.4 is 14.8 Å². The number of fused-ring (bicyclic) bond motifs is 1. The zero-order chi connectivity index (χ0) is 22.0. The lowest BCUT2D eigenvalue weighted by Gasteiger charge is -2.18. The summed E-state index contributed by atoms with van der Waals surface area (Å²) < 4.78 is 13.6.